The Kier molecular flexibility index (Phi) is 4.45. The summed E-state index contributed by atoms with van der Waals surface area (Å²) < 4.78 is 0. The van der Waals surface area contributed by atoms with Crippen LogP contribution in [0.5, 0.6) is 0 Å². The van der Waals surface area contributed by atoms with E-state index in [-0.39, 0.29) is 11.5 Å². The van der Waals surface area contributed by atoms with Crippen LogP contribution in [0.3, 0.4) is 0 Å². The number of hydrogen-bond donors (Lipinski definition) is 3. The summed E-state index contributed by atoms with van der Waals surface area (Å²) in [5.41, 5.74) is -0.610. The fourth-order valence-electron chi connectivity index (χ4n) is 2.84. The summed E-state index contributed by atoms with van der Waals surface area (Å²) in [5.74, 6) is -0.694. The van der Waals surface area contributed by atoms with Crippen molar-refractivity contribution in [1.29, 1.82) is 0 Å². The maximum atomic E-state index is 12.4. The maximum Gasteiger partial charge on any atom is 0.260 e. The molecule has 0 radical (unpaired) electrons. The molecule has 0 bridgehead atoms. The Morgan fingerprint density at radius 2 is 1.86 bits per heavy atom. The molecule has 1 aromatic heterocycles. The second-order valence-electron chi connectivity index (χ2n) is 5.56. The molecule has 0 spiro atoms. The number of pyridine rings is 1. The standard InChI is InChI=1S/C15H21N3O3/c1-10-6-7-11(12(19)17-10)13(20)18-15(14(21)16-2)8-4-3-5-9-15/h6-7H,3-5,8-9H2,1-2H3,(H,16,21)(H,17,19)(H,18,20). The number of carbonyl (C=O) groups is 2. The van der Waals surface area contributed by atoms with Gasteiger partial charge in [0.1, 0.15) is 11.1 Å². The van der Waals surface area contributed by atoms with E-state index in [0.29, 0.717) is 18.5 Å². The van der Waals surface area contributed by atoms with Crippen LogP contribution < -0.4 is 16.2 Å². The fraction of sp³-hybridized carbons (Fsp3) is 0.533. The minimum Gasteiger partial charge on any atom is -0.357 e. The van der Waals surface area contributed by atoms with Gasteiger partial charge in [-0.3, -0.25) is 14.4 Å². The van der Waals surface area contributed by atoms with Crippen LogP contribution in [0.4, 0.5) is 0 Å². The number of rotatable bonds is 3. The summed E-state index contributed by atoms with van der Waals surface area (Å²) in [6, 6.07) is 3.16. The molecule has 6 nitrogen and oxygen atoms in total. The van der Waals surface area contributed by atoms with Crippen LogP contribution in [0.25, 0.3) is 0 Å². The average Bonchev–Trinajstić information content (AvgIpc) is 2.47. The average molecular weight is 291 g/mol. The van der Waals surface area contributed by atoms with E-state index in [1.165, 1.54) is 6.07 Å². The molecule has 1 aliphatic rings. The predicted molar refractivity (Wildman–Crippen MR) is 79.1 cm³/mol. The molecule has 1 aromatic rings. The zero-order valence-corrected chi connectivity index (χ0v) is 12.4. The van der Waals surface area contributed by atoms with E-state index in [9.17, 15) is 14.4 Å². The van der Waals surface area contributed by atoms with Gasteiger partial charge in [-0.15, -0.1) is 0 Å². The first-order valence-corrected chi connectivity index (χ1v) is 7.23. The highest BCUT2D eigenvalue weighted by Gasteiger charge is 2.40. The maximum absolute atomic E-state index is 12.4. The fourth-order valence-corrected chi connectivity index (χ4v) is 2.84. The Labute approximate surface area is 123 Å². The van der Waals surface area contributed by atoms with Gasteiger partial charge in [-0.1, -0.05) is 19.3 Å². The molecule has 1 aliphatic carbocycles. The van der Waals surface area contributed by atoms with Gasteiger partial charge in [0.25, 0.3) is 11.5 Å². The minimum atomic E-state index is -0.901. The number of hydrogen-bond acceptors (Lipinski definition) is 3. The van der Waals surface area contributed by atoms with Crippen molar-refractivity contribution in [3.8, 4) is 0 Å². The third kappa shape index (κ3) is 3.15. The van der Waals surface area contributed by atoms with Crippen molar-refractivity contribution in [2.24, 2.45) is 0 Å². The SMILES string of the molecule is CNC(=O)C1(NC(=O)c2ccc(C)[nH]c2=O)CCCCC1. The largest absolute Gasteiger partial charge is 0.357 e. The topological polar surface area (TPSA) is 91.1 Å². The molecular weight excluding hydrogens is 270 g/mol. The summed E-state index contributed by atoms with van der Waals surface area (Å²) >= 11 is 0. The summed E-state index contributed by atoms with van der Waals surface area (Å²) in [5, 5.41) is 5.41. The summed E-state index contributed by atoms with van der Waals surface area (Å²) in [6.45, 7) is 1.75. The Hall–Kier alpha value is -2.11. The molecule has 2 rings (SSSR count). The molecule has 0 atom stereocenters. The van der Waals surface area contributed by atoms with Crippen LogP contribution in [0, 0.1) is 6.92 Å². The molecular formula is C15H21N3O3. The Morgan fingerprint density at radius 1 is 1.19 bits per heavy atom. The molecule has 1 saturated carbocycles. The second-order valence-corrected chi connectivity index (χ2v) is 5.56. The van der Waals surface area contributed by atoms with E-state index in [4.69, 9.17) is 0 Å². The van der Waals surface area contributed by atoms with E-state index < -0.39 is 17.0 Å². The van der Waals surface area contributed by atoms with Crippen molar-refractivity contribution in [1.82, 2.24) is 15.6 Å². The second kappa shape index (κ2) is 6.11. The molecule has 1 heterocycles. The van der Waals surface area contributed by atoms with Crippen molar-refractivity contribution in [2.75, 3.05) is 7.05 Å². The number of aromatic amines is 1. The van der Waals surface area contributed by atoms with Crippen molar-refractivity contribution < 1.29 is 9.59 Å². The number of likely N-dealkylation sites (N-methyl/N-ethyl adjacent to an activating group) is 1. The Balaban J connectivity index is 2.26. The van der Waals surface area contributed by atoms with E-state index in [1.54, 1.807) is 20.0 Å². The minimum absolute atomic E-state index is 0.0365. The van der Waals surface area contributed by atoms with Crippen LogP contribution in [0.2, 0.25) is 0 Å². The molecule has 0 aromatic carbocycles. The number of carbonyl (C=O) groups excluding carboxylic acids is 2. The monoisotopic (exact) mass is 291 g/mol. The highest BCUT2D eigenvalue weighted by atomic mass is 16.2. The van der Waals surface area contributed by atoms with Crippen molar-refractivity contribution in [2.45, 2.75) is 44.6 Å². The molecule has 2 amide bonds. The van der Waals surface area contributed by atoms with Gasteiger partial charge >= 0.3 is 0 Å². The van der Waals surface area contributed by atoms with Crippen molar-refractivity contribution in [3.63, 3.8) is 0 Å². The van der Waals surface area contributed by atoms with Gasteiger partial charge in [0.2, 0.25) is 5.91 Å². The molecule has 0 saturated heterocycles. The van der Waals surface area contributed by atoms with Crippen LogP contribution in [0.1, 0.15) is 48.2 Å². The van der Waals surface area contributed by atoms with Crippen molar-refractivity contribution >= 4 is 11.8 Å². The lowest BCUT2D eigenvalue weighted by molar-refractivity contribution is -0.128. The van der Waals surface area contributed by atoms with Crippen LogP contribution in [-0.2, 0) is 4.79 Å². The molecule has 3 N–H and O–H groups in total. The van der Waals surface area contributed by atoms with Gasteiger partial charge in [-0.25, -0.2) is 0 Å². The zero-order valence-electron chi connectivity index (χ0n) is 12.4. The van der Waals surface area contributed by atoms with Gasteiger partial charge in [0.15, 0.2) is 0 Å². The first kappa shape index (κ1) is 15.3. The molecule has 21 heavy (non-hydrogen) atoms. The lowest BCUT2D eigenvalue weighted by Crippen LogP contribution is -2.59. The first-order chi connectivity index (χ1) is 9.98. The van der Waals surface area contributed by atoms with Gasteiger partial charge in [0, 0.05) is 12.7 Å². The molecule has 6 heteroatoms. The third-order valence-corrected chi connectivity index (χ3v) is 4.02. The van der Waals surface area contributed by atoms with Crippen LogP contribution in [0.15, 0.2) is 16.9 Å². The Morgan fingerprint density at radius 3 is 2.43 bits per heavy atom. The van der Waals surface area contributed by atoms with E-state index in [0.717, 1.165) is 19.3 Å². The summed E-state index contributed by atoms with van der Waals surface area (Å²) in [6.07, 6.45) is 4.03. The quantitative estimate of drug-likeness (QED) is 0.771. The van der Waals surface area contributed by atoms with Gasteiger partial charge < -0.3 is 15.6 Å². The predicted octanol–water partition coefficient (Wildman–Crippen LogP) is 0.862. The number of amides is 2. The van der Waals surface area contributed by atoms with Crippen LogP contribution in [-0.4, -0.2) is 29.4 Å². The number of nitrogens with one attached hydrogen (secondary N) is 3. The lowest BCUT2D eigenvalue weighted by atomic mass is 9.80. The van der Waals surface area contributed by atoms with E-state index in [2.05, 4.69) is 15.6 Å². The summed E-state index contributed by atoms with van der Waals surface area (Å²) in [4.78, 5) is 39.0. The third-order valence-electron chi connectivity index (χ3n) is 4.02. The summed E-state index contributed by atoms with van der Waals surface area (Å²) in [7, 11) is 1.56. The van der Waals surface area contributed by atoms with E-state index in [1.807, 2.05) is 0 Å². The first-order valence-electron chi connectivity index (χ1n) is 7.23. The van der Waals surface area contributed by atoms with Gasteiger partial charge in [-0.05, 0) is 31.9 Å². The normalized spacial score (nSPS) is 17.0. The number of aryl methyl sites for hydroxylation is 1. The lowest BCUT2D eigenvalue weighted by Gasteiger charge is -2.36. The van der Waals surface area contributed by atoms with Crippen molar-refractivity contribution in [3.05, 3.63) is 33.7 Å². The molecule has 1 fully saturated rings. The number of H-pyrrole nitrogens is 1. The Bertz CT molecular complexity index is 600. The molecule has 114 valence electrons. The highest BCUT2D eigenvalue weighted by molar-refractivity contribution is 5.99. The van der Waals surface area contributed by atoms with Crippen LogP contribution >= 0.6 is 0 Å². The zero-order chi connectivity index (χ0) is 15.5. The highest BCUT2D eigenvalue weighted by Crippen LogP contribution is 2.28. The number of aromatic nitrogens is 1. The van der Waals surface area contributed by atoms with Gasteiger partial charge in [-0.2, -0.15) is 0 Å². The smallest absolute Gasteiger partial charge is 0.260 e. The molecule has 0 aliphatic heterocycles. The molecule has 0 unspecified atom stereocenters. The van der Waals surface area contributed by atoms with Gasteiger partial charge in [0.05, 0.1) is 0 Å². The van der Waals surface area contributed by atoms with E-state index >= 15 is 0 Å².